The van der Waals surface area contributed by atoms with Crippen molar-refractivity contribution in [3.8, 4) is 17.2 Å². The molecule has 124 valence electrons. The lowest BCUT2D eigenvalue weighted by Gasteiger charge is -2.37. The number of hydrogen-bond acceptors (Lipinski definition) is 3. The summed E-state index contributed by atoms with van der Waals surface area (Å²) in [5, 5.41) is 0.923. The zero-order valence-corrected chi connectivity index (χ0v) is 17.0. The Morgan fingerprint density at radius 1 is 1.04 bits per heavy atom. The maximum atomic E-state index is 5.29. The first-order valence-corrected chi connectivity index (χ1v) is 11.3. The second kappa shape index (κ2) is 7.07. The fourth-order valence-corrected chi connectivity index (χ4v) is 9.82. The molecule has 1 aromatic heterocycles. The summed E-state index contributed by atoms with van der Waals surface area (Å²) >= 11 is 1.66. The van der Waals surface area contributed by atoms with Crippen LogP contribution in [0.15, 0.2) is 18.2 Å². The van der Waals surface area contributed by atoms with E-state index < -0.39 is 8.07 Å². The summed E-state index contributed by atoms with van der Waals surface area (Å²) in [5.41, 5.74) is 6.68. The van der Waals surface area contributed by atoms with Crippen LogP contribution >= 0.6 is 11.3 Å². The normalized spacial score (nSPS) is 12.1. The summed E-state index contributed by atoms with van der Waals surface area (Å²) in [4.78, 5) is 4.68. The lowest BCUT2D eigenvalue weighted by Crippen LogP contribution is -2.43. The van der Waals surface area contributed by atoms with E-state index in [1.165, 1.54) is 0 Å². The summed E-state index contributed by atoms with van der Waals surface area (Å²) in [6.45, 7) is 14.0. The van der Waals surface area contributed by atoms with Crippen LogP contribution in [0.2, 0.25) is 16.6 Å². The molecule has 0 unspecified atom stereocenters. The molecule has 0 aliphatic heterocycles. The number of hydrogen-bond donors (Lipinski definition) is 0. The molecule has 0 amide bonds. The first-order chi connectivity index (χ1) is 10.8. The van der Waals surface area contributed by atoms with Crippen molar-refractivity contribution in [3.05, 3.63) is 23.2 Å². The van der Waals surface area contributed by atoms with Gasteiger partial charge in [0.2, 0.25) is 0 Å². The summed E-state index contributed by atoms with van der Waals surface area (Å²) in [7, 11) is -0.00497. The van der Waals surface area contributed by atoms with Crippen LogP contribution in [0.4, 0.5) is 0 Å². The van der Waals surface area contributed by atoms with Crippen molar-refractivity contribution in [1.29, 1.82) is 0 Å². The Labute approximate surface area is 145 Å². The average molecular weight is 346 g/mol. The molecule has 0 saturated heterocycles. The van der Waals surface area contributed by atoms with Crippen LogP contribution < -0.4 is 4.74 Å². The third-order valence-electron chi connectivity index (χ3n) is 4.85. The molecular formula is C19H27NOSSi. The minimum Gasteiger partial charge on any atom is -0.497 e. The van der Waals surface area contributed by atoms with E-state index in [4.69, 9.17) is 4.74 Å². The van der Waals surface area contributed by atoms with Crippen molar-refractivity contribution in [2.75, 3.05) is 7.11 Å². The van der Waals surface area contributed by atoms with Gasteiger partial charge in [0, 0.05) is 0 Å². The maximum absolute atomic E-state index is 5.29. The largest absolute Gasteiger partial charge is 0.497 e. The van der Waals surface area contributed by atoms with E-state index in [1.807, 2.05) is 18.2 Å². The summed E-state index contributed by atoms with van der Waals surface area (Å²) in [6.07, 6.45) is 0. The molecule has 0 saturated carbocycles. The number of methoxy groups -OCH3 is 1. The molecule has 2 nitrogen and oxygen atoms in total. The number of rotatable bonds is 4. The van der Waals surface area contributed by atoms with Gasteiger partial charge in [-0.25, -0.2) is 4.98 Å². The van der Waals surface area contributed by atoms with E-state index in [0.29, 0.717) is 16.6 Å². The fourth-order valence-electron chi connectivity index (χ4n) is 3.68. The Morgan fingerprint density at radius 3 is 2.17 bits per heavy atom. The Hall–Kier alpha value is -1.31. The number of thiazole rings is 1. The molecule has 2 rings (SSSR count). The van der Waals surface area contributed by atoms with Crippen LogP contribution in [0, 0.1) is 11.5 Å². The molecule has 0 bridgehead atoms. The predicted molar refractivity (Wildman–Crippen MR) is 104 cm³/mol. The number of nitrogens with zero attached hydrogens (tertiary/aromatic N) is 1. The molecule has 23 heavy (non-hydrogen) atoms. The van der Waals surface area contributed by atoms with Gasteiger partial charge in [0.05, 0.1) is 17.3 Å². The van der Waals surface area contributed by atoms with E-state index in [1.54, 1.807) is 18.4 Å². The highest BCUT2D eigenvalue weighted by molar-refractivity contribution is 7.19. The highest BCUT2D eigenvalue weighted by Gasteiger charge is 2.41. The molecule has 0 aliphatic carbocycles. The monoisotopic (exact) mass is 345 g/mol. The standard InChI is InChI=1S/C19H27NOSSi/c1-13(2)23(14(3)4,15(5)6)11-10-19-20-17-9-8-16(21-7)12-18(17)22-19/h8-9,12-15H,1-7H3. The van der Waals surface area contributed by atoms with Crippen LogP contribution in [-0.2, 0) is 0 Å². The van der Waals surface area contributed by atoms with Crippen LogP contribution in [0.25, 0.3) is 10.2 Å². The minimum atomic E-state index is -1.70. The number of benzene rings is 1. The molecule has 0 spiro atoms. The van der Waals surface area contributed by atoms with Gasteiger partial charge in [-0.1, -0.05) is 41.5 Å². The van der Waals surface area contributed by atoms with Crippen LogP contribution in [0.5, 0.6) is 5.75 Å². The van der Waals surface area contributed by atoms with Gasteiger partial charge < -0.3 is 4.74 Å². The zero-order chi connectivity index (χ0) is 17.2. The van der Waals surface area contributed by atoms with Crippen molar-refractivity contribution < 1.29 is 4.74 Å². The van der Waals surface area contributed by atoms with Crippen molar-refractivity contribution in [2.45, 2.75) is 58.2 Å². The van der Waals surface area contributed by atoms with E-state index >= 15 is 0 Å². The number of aromatic nitrogens is 1. The van der Waals surface area contributed by atoms with Gasteiger partial charge in [-0.15, -0.1) is 16.9 Å². The van der Waals surface area contributed by atoms with E-state index in [-0.39, 0.29) is 0 Å². The smallest absolute Gasteiger partial charge is 0.167 e. The molecule has 0 N–H and O–H groups in total. The Bertz CT molecular complexity index is 715. The summed E-state index contributed by atoms with van der Waals surface area (Å²) in [6, 6.07) is 6.00. The average Bonchev–Trinajstić information content (AvgIpc) is 2.88. The quantitative estimate of drug-likeness (QED) is 0.510. The fraction of sp³-hybridized carbons (Fsp3) is 0.526. The first kappa shape index (κ1) is 18.0. The Balaban J connectivity index is 2.46. The van der Waals surface area contributed by atoms with Gasteiger partial charge in [-0.2, -0.15) is 0 Å². The van der Waals surface area contributed by atoms with Crippen molar-refractivity contribution in [1.82, 2.24) is 4.98 Å². The van der Waals surface area contributed by atoms with Gasteiger partial charge >= 0.3 is 0 Å². The summed E-state index contributed by atoms with van der Waals surface area (Å²) < 4.78 is 6.43. The van der Waals surface area contributed by atoms with E-state index in [9.17, 15) is 0 Å². The lowest BCUT2D eigenvalue weighted by molar-refractivity contribution is 0.415. The highest BCUT2D eigenvalue weighted by atomic mass is 32.1. The predicted octanol–water partition coefficient (Wildman–Crippen LogP) is 5.87. The Kier molecular flexibility index (Phi) is 5.54. The first-order valence-electron chi connectivity index (χ1n) is 8.29. The van der Waals surface area contributed by atoms with Gasteiger partial charge in [0.15, 0.2) is 5.01 Å². The van der Waals surface area contributed by atoms with Crippen molar-refractivity contribution in [3.63, 3.8) is 0 Å². The van der Waals surface area contributed by atoms with Gasteiger partial charge in [0.25, 0.3) is 0 Å². The van der Waals surface area contributed by atoms with Crippen LogP contribution in [0.3, 0.4) is 0 Å². The number of ether oxygens (including phenoxy) is 1. The van der Waals surface area contributed by atoms with Gasteiger partial charge in [0.1, 0.15) is 13.8 Å². The second-order valence-corrected chi connectivity index (χ2v) is 13.6. The number of fused-ring (bicyclic) bond motifs is 1. The lowest BCUT2D eigenvalue weighted by atomic mass is 10.3. The second-order valence-electron chi connectivity index (χ2n) is 7.00. The third kappa shape index (κ3) is 3.46. The highest BCUT2D eigenvalue weighted by Crippen LogP contribution is 2.40. The Morgan fingerprint density at radius 2 is 1.65 bits per heavy atom. The van der Waals surface area contributed by atoms with Crippen LogP contribution in [0.1, 0.15) is 46.6 Å². The topological polar surface area (TPSA) is 22.1 Å². The zero-order valence-electron chi connectivity index (χ0n) is 15.2. The van der Waals surface area contributed by atoms with Crippen LogP contribution in [-0.4, -0.2) is 20.2 Å². The van der Waals surface area contributed by atoms with E-state index in [0.717, 1.165) is 21.0 Å². The van der Waals surface area contributed by atoms with E-state index in [2.05, 4.69) is 58.0 Å². The molecule has 0 fully saturated rings. The maximum Gasteiger partial charge on any atom is 0.167 e. The third-order valence-corrected chi connectivity index (χ3v) is 12.1. The van der Waals surface area contributed by atoms with Gasteiger partial charge in [-0.3, -0.25) is 0 Å². The molecule has 4 heteroatoms. The molecule has 0 radical (unpaired) electrons. The molecule has 2 aromatic rings. The minimum absolute atomic E-state index is 0.643. The molecule has 1 heterocycles. The van der Waals surface area contributed by atoms with Crippen molar-refractivity contribution in [2.24, 2.45) is 0 Å². The molecule has 0 atom stereocenters. The van der Waals surface area contributed by atoms with Crippen molar-refractivity contribution >= 4 is 29.6 Å². The molecular weight excluding hydrogens is 318 g/mol. The van der Waals surface area contributed by atoms with Gasteiger partial charge in [-0.05, 0) is 40.7 Å². The summed E-state index contributed by atoms with van der Waals surface area (Å²) in [5.74, 6) is 4.31. The molecule has 1 aromatic carbocycles. The molecule has 0 aliphatic rings. The SMILES string of the molecule is COc1ccc2nc(C#C[Si](C(C)C)(C(C)C)C(C)C)sc2c1.